The van der Waals surface area contributed by atoms with E-state index in [9.17, 15) is 4.79 Å². The third-order valence-corrected chi connectivity index (χ3v) is 1.73. The molecule has 0 radical (unpaired) electrons. The number of ketones is 1. The third kappa shape index (κ3) is 12.0. The Morgan fingerprint density at radius 3 is 1.56 bits per heavy atom. The fourth-order valence-corrected chi connectivity index (χ4v) is 0.928. The molecule has 0 N–H and O–H groups in total. The lowest BCUT2D eigenvalue weighted by atomic mass is 10.3. The van der Waals surface area contributed by atoms with Crippen LogP contribution in [0.25, 0.3) is 0 Å². The van der Waals surface area contributed by atoms with E-state index in [1.54, 1.807) is 12.2 Å². The fraction of sp³-hybridized carbons (Fsp3) is 0.267. The molecule has 0 aliphatic carbocycles. The van der Waals surface area contributed by atoms with Gasteiger partial charge in [0.2, 0.25) is 0 Å². The summed E-state index contributed by atoms with van der Waals surface area (Å²) in [4.78, 5) is 15.2. The largest absolute Gasteiger partial charge is 0.383 e. The van der Waals surface area contributed by atoms with E-state index in [2.05, 4.69) is 0 Å². The molecular weight excluding hydrogens is 224 g/mol. The highest BCUT2D eigenvalue weighted by Gasteiger charge is 1.84. The van der Waals surface area contributed by atoms with Gasteiger partial charge in [-0.3, -0.25) is 4.79 Å². The molecule has 0 atom stereocenters. The van der Waals surface area contributed by atoms with Crippen molar-refractivity contribution < 1.29 is 4.79 Å². The molecule has 0 amide bonds. The van der Waals surface area contributed by atoms with Crippen LogP contribution in [0.1, 0.15) is 0 Å². The van der Waals surface area contributed by atoms with E-state index in [0.29, 0.717) is 0 Å². The van der Waals surface area contributed by atoms with Gasteiger partial charge in [-0.15, -0.1) is 0 Å². The Kier molecular flexibility index (Phi) is 9.00. The van der Waals surface area contributed by atoms with Crippen molar-refractivity contribution in [3.05, 3.63) is 61.0 Å². The zero-order valence-corrected chi connectivity index (χ0v) is 11.6. The van der Waals surface area contributed by atoms with Crippen LogP contribution in [0.4, 0.5) is 0 Å². The van der Waals surface area contributed by atoms with E-state index >= 15 is 0 Å². The Labute approximate surface area is 110 Å². The number of carbonyl (C=O) groups excluding carboxylic acids is 1. The maximum atomic E-state index is 11.3. The van der Waals surface area contributed by atoms with Gasteiger partial charge in [0, 0.05) is 28.2 Å². The summed E-state index contributed by atoms with van der Waals surface area (Å²) in [6.07, 6.45) is 17.7. The maximum Gasteiger partial charge on any atom is 0.178 e. The Morgan fingerprint density at radius 2 is 1.06 bits per heavy atom. The van der Waals surface area contributed by atoms with Gasteiger partial charge in [-0.2, -0.15) is 0 Å². The van der Waals surface area contributed by atoms with E-state index in [4.69, 9.17) is 0 Å². The summed E-state index contributed by atoms with van der Waals surface area (Å²) >= 11 is 0. The first kappa shape index (κ1) is 16.0. The van der Waals surface area contributed by atoms with Crippen molar-refractivity contribution in [3.8, 4) is 0 Å². The molecule has 0 saturated carbocycles. The van der Waals surface area contributed by atoms with Gasteiger partial charge in [0.05, 0.1) is 0 Å². The van der Waals surface area contributed by atoms with Crippen molar-refractivity contribution in [3.63, 3.8) is 0 Å². The number of nitrogens with zero attached hydrogens (tertiary/aromatic N) is 2. The predicted octanol–water partition coefficient (Wildman–Crippen LogP) is 2.37. The third-order valence-electron chi connectivity index (χ3n) is 1.73. The Balaban J connectivity index is 4.01. The standard InChI is InChI=1S/C15H22N2O/c1-16(2)13-9-6-5-7-11-15(18)12-8-10-14-17(3)4/h5-14H,1-4H3/b6-5+,11-7+,12-8+,13-9+,14-10+. The second-order valence-corrected chi connectivity index (χ2v) is 4.12. The SMILES string of the molecule is CN(C)/C=C/C=C/C=C/C(=O)/C=C/C=C/N(C)C. The minimum absolute atomic E-state index is 0.0281. The van der Waals surface area contributed by atoms with E-state index in [1.165, 1.54) is 12.2 Å². The van der Waals surface area contributed by atoms with E-state index < -0.39 is 0 Å². The fourth-order valence-electron chi connectivity index (χ4n) is 0.928. The Hall–Kier alpha value is -2.03. The van der Waals surface area contributed by atoms with Crippen molar-refractivity contribution in [1.82, 2.24) is 9.80 Å². The summed E-state index contributed by atoms with van der Waals surface area (Å²) in [6.45, 7) is 0. The van der Waals surface area contributed by atoms with Gasteiger partial charge < -0.3 is 9.80 Å². The van der Waals surface area contributed by atoms with Gasteiger partial charge in [0.25, 0.3) is 0 Å². The Morgan fingerprint density at radius 1 is 0.667 bits per heavy atom. The lowest BCUT2D eigenvalue weighted by Crippen LogP contribution is -1.99. The second-order valence-electron chi connectivity index (χ2n) is 4.12. The summed E-state index contributed by atoms with van der Waals surface area (Å²) in [6, 6.07) is 0. The monoisotopic (exact) mass is 246 g/mol. The van der Waals surface area contributed by atoms with Crippen LogP contribution >= 0.6 is 0 Å². The van der Waals surface area contributed by atoms with Crippen LogP contribution in [-0.4, -0.2) is 43.8 Å². The van der Waals surface area contributed by atoms with Gasteiger partial charge in [0.1, 0.15) is 0 Å². The van der Waals surface area contributed by atoms with Crippen molar-refractivity contribution >= 4 is 5.78 Å². The van der Waals surface area contributed by atoms with Gasteiger partial charge in [-0.05, 0) is 36.7 Å². The molecule has 0 aliphatic rings. The highest BCUT2D eigenvalue weighted by molar-refractivity contribution is 5.99. The minimum atomic E-state index is -0.0281. The topological polar surface area (TPSA) is 23.6 Å². The summed E-state index contributed by atoms with van der Waals surface area (Å²) < 4.78 is 0. The molecule has 0 aliphatic heterocycles. The normalized spacial score (nSPS) is 12.7. The van der Waals surface area contributed by atoms with Crippen molar-refractivity contribution in [2.24, 2.45) is 0 Å². The quantitative estimate of drug-likeness (QED) is 0.509. The molecule has 0 rings (SSSR count). The number of allylic oxidation sites excluding steroid dienone is 8. The van der Waals surface area contributed by atoms with Gasteiger partial charge in [0.15, 0.2) is 5.78 Å². The molecule has 0 heterocycles. The number of carbonyl (C=O) groups is 1. The maximum absolute atomic E-state index is 11.3. The molecule has 0 spiro atoms. The first-order chi connectivity index (χ1) is 8.52. The average Bonchev–Trinajstić information content (AvgIpc) is 2.28. The highest BCUT2D eigenvalue weighted by Crippen LogP contribution is 1.87. The van der Waals surface area contributed by atoms with E-state index in [1.807, 2.05) is 74.7 Å². The molecule has 18 heavy (non-hydrogen) atoms. The second kappa shape index (κ2) is 10.1. The van der Waals surface area contributed by atoms with Crippen LogP contribution < -0.4 is 0 Å². The number of hydrogen-bond acceptors (Lipinski definition) is 3. The highest BCUT2D eigenvalue weighted by atomic mass is 16.1. The average molecular weight is 246 g/mol. The summed E-state index contributed by atoms with van der Waals surface area (Å²) in [5.41, 5.74) is 0. The molecular formula is C15H22N2O. The molecule has 3 nitrogen and oxygen atoms in total. The van der Waals surface area contributed by atoms with Crippen LogP contribution in [-0.2, 0) is 4.79 Å². The summed E-state index contributed by atoms with van der Waals surface area (Å²) in [5.74, 6) is -0.0281. The van der Waals surface area contributed by atoms with Crippen molar-refractivity contribution in [2.45, 2.75) is 0 Å². The summed E-state index contributed by atoms with van der Waals surface area (Å²) in [5, 5.41) is 0. The van der Waals surface area contributed by atoms with Crippen LogP contribution in [0.2, 0.25) is 0 Å². The lowest BCUT2D eigenvalue weighted by molar-refractivity contribution is -0.110. The van der Waals surface area contributed by atoms with Crippen molar-refractivity contribution in [1.29, 1.82) is 0 Å². The molecule has 0 aromatic carbocycles. The predicted molar refractivity (Wildman–Crippen MR) is 78.1 cm³/mol. The van der Waals surface area contributed by atoms with Gasteiger partial charge >= 0.3 is 0 Å². The number of rotatable bonds is 7. The molecule has 0 aromatic rings. The first-order valence-corrected chi connectivity index (χ1v) is 5.75. The van der Waals surface area contributed by atoms with E-state index in [0.717, 1.165) is 0 Å². The van der Waals surface area contributed by atoms with Gasteiger partial charge in [-0.25, -0.2) is 0 Å². The van der Waals surface area contributed by atoms with Crippen molar-refractivity contribution in [2.75, 3.05) is 28.2 Å². The minimum Gasteiger partial charge on any atom is -0.383 e. The van der Waals surface area contributed by atoms with Crippen LogP contribution in [0.5, 0.6) is 0 Å². The van der Waals surface area contributed by atoms with Crippen LogP contribution in [0.3, 0.4) is 0 Å². The smallest absolute Gasteiger partial charge is 0.178 e. The van der Waals surface area contributed by atoms with Gasteiger partial charge in [-0.1, -0.05) is 24.3 Å². The molecule has 3 heteroatoms. The van der Waals surface area contributed by atoms with Crippen LogP contribution in [0, 0.1) is 0 Å². The zero-order chi connectivity index (χ0) is 13.8. The van der Waals surface area contributed by atoms with E-state index in [-0.39, 0.29) is 5.78 Å². The first-order valence-electron chi connectivity index (χ1n) is 5.75. The number of hydrogen-bond donors (Lipinski definition) is 0. The molecule has 0 aromatic heterocycles. The molecule has 98 valence electrons. The zero-order valence-electron chi connectivity index (χ0n) is 11.6. The lowest BCUT2D eigenvalue weighted by Gasteiger charge is -2.00. The Bertz CT molecular complexity index is 372. The molecule has 0 unspecified atom stereocenters. The van der Waals surface area contributed by atoms with Crippen LogP contribution in [0.15, 0.2) is 61.0 Å². The molecule has 0 saturated heterocycles. The summed E-state index contributed by atoms with van der Waals surface area (Å²) in [7, 11) is 7.77. The molecule has 0 bridgehead atoms. The molecule has 0 fully saturated rings.